The van der Waals surface area contributed by atoms with Crippen LogP contribution in [0, 0.1) is 0 Å². The van der Waals surface area contributed by atoms with Gasteiger partial charge in [-0.3, -0.25) is 9.59 Å². The lowest BCUT2D eigenvalue weighted by Gasteiger charge is -2.27. The average Bonchev–Trinajstić information content (AvgIpc) is 2.84. The van der Waals surface area contributed by atoms with Gasteiger partial charge < -0.3 is 20.3 Å². The molecule has 1 amide bonds. The molecule has 170 valence electrons. The fraction of sp³-hybridized carbons (Fsp3) is 0.261. The third-order valence-electron chi connectivity index (χ3n) is 4.81. The summed E-state index contributed by atoms with van der Waals surface area (Å²) in [6, 6.07) is 16.5. The third kappa shape index (κ3) is 6.50. The zero-order valence-corrected chi connectivity index (χ0v) is 19.0. The van der Waals surface area contributed by atoms with Crippen molar-refractivity contribution in [2.75, 3.05) is 47.6 Å². The number of aromatic nitrogens is 3. The van der Waals surface area contributed by atoms with Gasteiger partial charge in [0, 0.05) is 30.0 Å². The van der Waals surface area contributed by atoms with Gasteiger partial charge in [0.2, 0.25) is 17.8 Å². The summed E-state index contributed by atoms with van der Waals surface area (Å²) < 4.78 is 5.43. The molecule has 0 aliphatic carbocycles. The Morgan fingerprint density at radius 1 is 1.00 bits per heavy atom. The van der Waals surface area contributed by atoms with Crippen LogP contribution in [-0.4, -0.2) is 58.7 Å². The number of hydrogen-bond donors (Lipinski definition) is 2. The quantitative estimate of drug-likeness (QED) is 0.383. The largest absolute Gasteiger partial charge is 0.378 e. The molecule has 1 aliphatic heterocycles. The number of hydrogen-bond acceptors (Lipinski definition) is 9. The monoisotopic (exact) mass is 464 g/mol. The smallest absolute Gasteiger partial charge is 0.234 e. The Bertz CT molecular complexity index is 1120. The number of morpholine rings is 1. The zero-order valence-electron chi connectivity index (χ0n) is 18.2. The molecule has 1 aliphatic rings. The molecular weight excluding hydrogens is 440 g/mol. The molecule has 1 aromatic heterocycles. The van der Waals surface area contributed by atoms with Crippen molar-refractivity contribution in [2.45, 2.75) is 12.1 Å². The van der Waals surface area contributed by atoms with Gasteiger partial charge in [-0.1, -0.05) is 42.1 Å². The fourth-order valence-corrected chi connectivity index (χ4v) is 3.79. The first-order valence-electron chi connectivity index (χ1n) is 10.5. The summed E-state index contributed by atoms with van der Waals surface area (Å²) >= 11 is 1.22. The molecule has 1 fully saturated rings. The Hall–Kier alpha value is -3.50. The minimum absolute atomic E-state index is 0.0558. The number of nitrogens with one attached hydrogen (secondary N) is 2. The lowest BCUT2D eigenvalue weighted by atomic mass is 10.1. The molecule has 3 aromatic rings. The maximum absolute atomic E-state index is 12.5. The van der Waals surface area contributed by atoms with Gasteiger partial charge in [0.25, 0.3) is 0 Å². The van der Waals surface area contributed by atoms with Gasteiger partial charge in [-0.15, -0.1) is 0 Å². The topological polar surface area (TPSA) is 109 Å². The summed E-state index contributed by atoms with van der Waals surface area (Å²) in [5, 5.41) is 6.46. The summed E-state index contributed by atoms with van der Waals surface area (Å²) in [7, 11) is 0. The van der Waals surface area contributed by atoms with Crippen molar-refractivity contribution in [3.8, 4) is 0 Å². The van der Waals surface area contributed by atoms with Crippen molar-refractivity contribution in [1.29, 1.82) is 0 Å². The molecule has 0 spiro atoms. The molecule has 2 N–H and O–H groups in total. The van der Waals surface area contributed by atoms with Gasteiger partial charge >= 0.3 is 0 Å². The first-order chi connectivity index (χ1) is 16.1. The maximum Gasteiger partial charge on any atom is 0.234 e. The second-order valence-electron chi connectivity index (χ2n) is 7.31. The highest BCUT2D eigenvalue weighted by Gasteiger charge is 2.17. The normalized spacial score (nSPS) is 13.4. The number of rotatable bonds is 8. The third-order valence-corrected chi connectivity index (χ3v) is 5.66. The number of para-hydroxylation sites is 1. The highest BCUT2D eigenvalue weighted by molar-refractivity contribution is 7.99. The number of nitrogens with zero attached hydrogens (tertiary/aromatic N) is 4. The molecule has 9 nitrogen and oxygen atoms in total. The highest BCUT2D eigenvalue weighted by atomic mass is 32.2. The van der Waals surface area contributed by atoms with Crippen molar-refractivity contribution < 1.29 is 14.3 Å². The molecule has 0 unspecified atom stereocenters. The number of carbonyl (C=O) groups excluding carboxylic acids is 2. The molecule has 4 rings (SSSR count). The van der Waals surface area contributed by atoms with E-state index in [4.69, 9.17) is 4.74 Å². The number of benzene rings is 2. The van der Waals surface area contributed by atoms with Crippen molar-refractivity contribution in [1.82, 2.24) is 15.0 Å². The van der Waals surface area contributed by atoms with Gasteiger partial charge in [-0.05, 0) is 31.2 Å². The van der Waals surface area contributed by atoms with Gasteiger partial charge in [0.1, 0.15) is 0 Å². The summed E-state index contributed by atoms with van der Waals surface area (Å²) in [6.45, 7) is 4.08. The molecule has 33 heavy (non-hydrogen) atoms. The van der Waals surface area contributed by atoms with Gasteiger partial charge in [-0.25, -0.2) is 0 Å². The van der Waals surface area contributed by atoms with E-state index in [2.05, 4.69) is 25.6 Å². The maximum atomic E-state index is 12.5. The Morgan fingerprint density at radius 2 is 1.76 bits per heavy atom. The Morgan fingerprint density at radius 3 is 2.52 bits per heavy atom. The van der Waals surface area contributed by atoms with Crippen molar-refractivity contribution in [2.24, 2.45) is 0 Å². The molecule has 10 heteroatoms. The molecular formula is C23H24N6O3S. The summed E-state index contributed by atoms with van der Waals surface area (Å²) in [5.41, 5.74) is 1.98. The number of ketones is 1. The Balaban J connectivity index is 1.47. The van der Waals surface area contributed by atoms with Crippen LogP contribution in [0.4, 0.5) is 23.3 Å². The Labute approximate surface area is 196 Å². The van der Waals surface area contributed by atoms with E-state index >= 15 is 0 Å². The van der Waals surface area contributed by atoms with Crippen LogP contribution in [0.5, 0.6) is 0 Å². The van der Waals surface area contributed by atoms with E-state index in [1.165, 1.54) is 18.7 Å². The second kappa shape index (κ2) is 10.9. The molecule has 0 radical (unpaired) electrons. The molecule has 0 bridgehead atoms. The predicted molar refractivity (Wildman–Crippen MR) is 128 cm³/mol. The van der Waals surface area contributed by atoms with Crippen molar-refractivity contribution in [3.63, 3.8) is 0 Å². The number of anilines is 4. The minimum Gasteiger partial charge on any atom is -0.378 e. The molecule has 2 aromatic carbocycles. The zero-order chi connectivity index (χ0) is 23.0. The predicted octanol–water partition coefficient (Wildman–Crippen LogP) is 3.39. The SMILES string of the molecule is CC(=O)c1cccc(NC(=O)CSc2nc(Nc3ccccc3)nc(N3CCOCC3)n2)c1. The van der Waals surface area contributed by atoms with E-state index in [0.717, 1.165) is 5.69 Å². The summed E-state index contributed by atoms with van der Waals surface area (Å²) in [6.07, 6.45) is 0. The number of amides is 1. The van der Waals surface area contributed by atoms with Crippen LogP contribution in [-0.2, 0) is 9.53 Å². The summed E-state index contributed by atoms with van der Waals surface area (Å²) in [5.74, 6) is 0.798. The van der Waals surface area contributed by atoms with E-state index in [9.17, 15) is 9.59 Å². The Kier molecular flexibility index (Phi) is 7.48. The van der Waals surface area contributed by atoms with Crippen LogP contribution in [0.2, 0.25) is 0 Å². The van der Waals surface area contributed by atoms with Crippen molar-refractivity contribution >= 4 is 46.7 Å². The van der Waals surface area contributed by atoms with Crippen LogP contribution in [0.15, 0.2) is 59.8 Å². The van der Waals surface area contributed by atoms with E-state index < -0.39 is 0 Å². The number of Topliss-reactive ketones (excluding diaryl/α,β-unsaturated/α-hetero) is 1. The van der Waals surface area contributed by atoms with Crippen LogP contribution in [0.25, 0.3) is 0 Å². The van der Waals surface area contributed by atoms with E-state index in [1.54, 1.807) is 24.3 Å². The van der Waals surface area contributed by atoms with Gasteiger partial charge in [0.15, 0.2) is 10.9 Å². The average molecular weight is 465 g/mol. The first kappa shape index (κ1) is 22.7. The van der Waals surface area contributed by atoms with Gasteiger partial charge in [0.05, 0.1) is 19.0 Å². The number of thioether (sulfide) groups is 1. The fourth-order valence-electron chi connectivity index (χ4n) is 3.16. The second-order valence-corrected chi connectivity index (χ2v) is 8.25. The molecule has 1 saturated heterocycles. The molecule has 0 atom stereocenters. The van der Waals surface area contributed by atoms with Gasteiger partial charge in [-0.2, -0.15) is 15.0 Å². The minimum atomic E-state index is -0.216. The van der Waals surface area contributed by atoms with E-state index in [0.29, 0.717) is 54.6 Å². The highest BCUT2D eigenvalue weighted by Crippen LogP contribution is 2.22. The first-order valence-corrected chi connectivity index (χ1v) is 11.5. The summed E-state index contributed by atoms with van der Waals surface area (Å²) in [4.78, 5) is 39.7. The molecule has 0 saturated carbocycles. The molecule has 2 heterocycles. The van der Waals surface area contributed by atoms with Crippen LogP contribution in [0.1, 0.15) is 17.3 Å². The van der Waals surface area contributed by atoms with Crippen LogP contribution < -0.4 is 15.5 Å². The number of ether oxygens (including phenoxy) is 1. The standard InChI is InChI=1S/C23H24N6O3S/c1-16(30)17-6-5-9-19(14-17)24-20(31)15-33-23-27-21(25-18-7-3-2-4-8-18)26-22(28-23)29-10-12-32-13-11-29/h2-9,14H,10-13,15H2,1H3,(H,24,31)(H,25,26,27,28). The number of carbonyl (C=O) groups is 2. The van der Waals surface area contributed by atoms with E-state index in [-0.39, 0.29) is 17.4 Å². The van der Waals surface area contributed by atoms with Crippen LogP contribution >= 0.6 is 11.8 Å². The van der Waals surface area contributed by atoms with Crippen LogP contribution in [0.3, 0.4) is 0 Å². The lowest BCUT2D eigenvalue weighted by molar-refractivity contribution is -0.113. The lowest BCUT2D eigenvalue weighted by Crippen LogP contribution is -2.37. The van der Waals surface area contributed by atoms with E-state index in [1.807, 2.05) is 35.2 Å². The van der Waals surface area contributed by atoms with Crippen molar-refractivity contribution in [3.05, 3.63) is 60.2 Å².